The fraction of sp³-hybridized carbons (Fsp3) is 0.857. The first kappa shape index (κ1) is 15.2. The number of aryl methyl sites for hydroxylation is 1. The Morgan fingerprint density at radius 1 is 1.28 bits per heavy atom. The van der Waals surface area contributed by atoms with Crippen molar-refractivity contribution in [3.05, 3.63) is 12.2 Å². The SMILES string of the molecule is CCCCC(CC)C(O)Cc1ncnn1CCC. The Bertz CT molecular complexity index is 325. The molecule has 2 atom stereocenters. The third kappa shape index (κ3) is 4.41. The number of nitrogens with zero attached hydrogens (tertiary/aromatic N) is 3. The predicted molar refractivity (Wildman–Crippen MR) is 73.3 cm³/mol. The average Bonchev–Trinajstić information content (AvgIpc) is 2.78. The molecule has 104 valence electrons. The zero-order valence-electron chi connectivity index (χ0n) is 12.0. The Hall–Kier alpha value is -0.900. The van der Waals surface area contributed by atoms with Gasteiger partial charge in [-0.2, -0.15) is 5.10 Å². The normalized spacial score (nSPS) is 14.7. The Kier molecular flexibility index (Phi) is 6.94. The van der Waals surface area contributed by atoms with Crippen LogP contribution >= 0.6 is 0 Å². The van der Waals surface area contributed by atoms with E-state index < -0.39 is 0 Å². The lowest BCUT2D eigenvalue weighted by Crippen LogP contribution is -2.24. The van der Waals surface area contributed by atoms with E-state index in [9.17, 15) is 5.11 Å². The van der Waals surface area contributed by atoms with E-state index in [1.807, 2.05) is 4.68 Å². The summed E-state index contributed by atoms with van der Waals surface area (Å²) >= 11 is 0. The van der Waals surface area contributed by atoms with Crippen molar-refractivity contribution in [1.29, 1.82) is 0 Å². The van der Waals surface area contributed by atoms with Crippen LogP contribution in [0, 0.1) is 5.92 Å². The number of hydrogen-bond donors (Lipinski definition) is 1. The molecule has 0 radical (unpaired) electrons. The topological polar surface area (TPSA) is 50.9 Å². The van der Waals surface area contributed by atoms with Crippen LogP contribution in [-0.4, -0.2) is 26.0 Å². The first-order chi connectivity index (χ1) is 8.72. The maximum Gasteiger partial charge on any atom is 0.138 e. The van der Waals surface area contributed by atoms with Crippen molar-refractivity contribution < 1.29 is 5.11 Å². The number of aliphatic hydroxyl groups is 1. The van der Waals surface area contributed by atoms with E-state index >= 15 is 0 Å². The lowest BCUT2D eigenvalue weighted by molar-refractivity contribution is 0.0956. The number of aliphatic hydroxyl groups excluding tert-OH is 1. The Morgan fingerprint density at radius 2 is 2.06 bits per heavy atom. The fourth-order valence-corrected chi connectivity index (χ4v) is 2.33. The van der Waals surface area contributed by atoms with Crippen LogP contribution in [0.5, 0.6) is 0 Å². The molecule has 1 heterocycles. The van der Waals surface area contributed by atoms with Crippen LogP contribution < -0.4 is 0 Å². The van der Waals surface area contributed by atoms with Crippen molar-refractivity contribution in [3.63, 3.8) is 0 Å². The molecular weight excluding hydrogens is 226 g/mol. The zero-order chi connectivity index (χ0) is 13.4. The van der Waals surface area contributed by atoms with Crippen LogP contribution in [-0.2, 0) is 13.0 Å². The Morgan fingerprint density at radius 3 is 2.67 bits per heavy atom. The van der Waals surface area contributed by atoms with Crippen LogP contribution in [0.25, 0.3) is 0 Å². The smallest absolute Gasteiger partial charge is 0.138 e. The van der Waals surface area contributed by atoms with E-state index in [1.165, 1.54) is 12.8 Å². The molecule has 0 aliphatic carbocycles. The fourth-order valence-electron chi connectivity index (χ4n) is 2.33. The summed E-state index contributed by atoms with van der Waals surface area (Å²) in [4.78, 5) is 4.26. The molecule has 0 aliphatic heterocycles. The number of aromatic nitrogens is 3. The second-order valence-electron chi connectivity index (χ2n) is 4.98. The van der Waals surface area contributed by atoms with E-state index in [1.54, 1.807) is 6.33 Å². The number of unbranched alkanes of at least 4 members (excludes halogenated alkanes) is 1. The highest BCUT2D eigenvalue weighted by Gasteiger charge is 2.19. The molecule has 0 amide bonds. The van der Waals surface area contributed by atoms with Crippen molar-refractivity contribution in [1.82, 2.24) is 14.8 Å². The molecule has 4 nitrogen and oxygen atoms in total. The van der Waals surface area contributed by atoms with Crippen molar-refractivity contribution in [2.75, 3.05) is 0 Å². The van der Waals surface area contributed by atoms with E-state index in [2.05, 4.69) is 30.9 Å². The van der Waals surface area contributed by atoms with Gasteiger partial charge < -0.3 is 5.11 Å². The molecule has 1 rings (SSSR count). The molecule has 1 N–H and O–H groups in total. The maximum absolute atomic E-state index is 10.3. The molecular formula is C14H27N3O. The summed E-state index contributed by atoms with van der Waals surface area (Å²) in [7, 11) is 0. The van der Waals surface area contributed by atoms with Crippen molar-refractivity contribution in [2.24, 2.45) is 5.92 Å². The standard InChI is InChI=1S/C14H27N3O/c1-4-7-8-12(6-3)13(18)10-14-15-11-16-17(14)9-5-2/h11-13,18H,4-10H2,1-3H3. The van der Waals surface area contributed by atoms with Crippen LogP contribution in [0.1, 0.15) is 58.7 Å². The summed E-state index contributed by atoms with van der Waals surface area (Å²) in [6.07, 6.45) is 7.49. The molecule has 2 unspecified atom stereocenters. The summed E-state index contributed by atoms with van der Waals surface area (Å²) in [6.45, 7) is 7.35. The van der Waals surface area contributed by atoms with Gasteiger partial charge in [0.25, 0.3) is 0 Å². The molecule has 0 fully saturated rings. The molecule has 0 aliphatic rings. The van der Waals surface area contributed by atoms with Crippen LogP contribution in [0.4, 0.5) is 0 Å². The van der Waals surface area contributed by atoms with Gasteiger partial charge in [0.2, 0.25) is 0 Å². The molecule has 0 saturated carbocycles. The van der Waals surface area contributed by atoms with E-state index in [4.69, 9.17) is 0 Å². The lowest BCUT2D eigenvalue weighted by atomic mass is 9.91. The summed E-state index contributed by atoms with van der Waals surface area (Å²) in [5, 5.41) is 14.5. The predicted octanol–water partition coefficient (Wildman–Crippen LogP) is 2.81. The van der Waals surface area contributed by atoms with Gasteiger partial charge in [-0.05, 0) is 18.8 Å². The van der Waals surface area contributed by atoms with E-state index in [0.29, 0.717) is 12.3 Å². The first-order valence-electron chi connectivity index (χ1n) is 7.27. The van der Waals surface area contributed by atoms with Gasteiger partial charge >= 0.3 is 0 Å². The van der Waals surface area contributed by atoms with Gasteiger partial charge in [0.1, 0.15) is 12.2 Å². The second-order valence-corrected chi connectivity index (χ2v) is 4.98. The summed E-state index contributed by atoms with van der Waals surface area (Å²) < 4.78 is 1.91. The summed E-state index contributed by atoms with van der Waals surface area (Å²) in [6, 6.07) is 0. The highest BCUT2D eigenvalue weighted by Crippen LogP contribution is 2.19. The van der Waals surface area contributed by atoms with Gasteiger partial charge in [-0.3, -0.25) is 4.68 Å². The van der Waals surface area contributed by atoms with Crippen LogP contribution in [0.3, 0.4) is 0 Å². The minimum absolute atomic E-state index is 0.290. The Labute approximate surface area is 110 Å². The van der Waals surface area contributed by atoms with E-state index in [0.717, 1.165) is 31.6 Å². The summed E-state index contributed by atoms with van der Waals surface area (Å²) in [5.74, 6) is 1.30. The minimum Gasteiger partial charge on any atom is -0.392 e. The van der Waals surface area contributed by atoms with Crippen molar-refractivity contribution in [3.8, 4) is 0 Å². The third-order valence-corrected chi connectivity index (χ3v) is 3.52. The van der Waals surface area contributed by atoms with Gasteiger partial charge in [-0.25, -0.2) is 4.98 Å². The molecule has 0 bridgehead atoms. The molecule has 18 heavy (non-hydrogen) atoms. The number of hydrogen-bond acceptors (Lipinski definition) is 3. The Balaban J connectivity index is 2.55. The largest absolute Gasteiger partial charge is 0.392 e. The lowest BCUT2D eigenvalue weighted by Gasteiger charge is -2.21. The first-order valence-corrected chi connectivity index (χ1v) is 7.27. The quantitative estimate of drug-likeness (QED) is 0.736. The highest BCUT2D eigenvalue weighted by atomic mass is 16.3. The monoisotopic (exact) mass is 253 g/mol. The molecule has 1 aromatic heterocycles. The van der Waals surface area contributed by atoms with Gasteiger partial charge in [0.05, 0.1) is 6.10 Å². The van der Waals surface area contributed by atoms with E-state index in [-0.39, 0.29) is 6.10 Å². The van der Waals surface area contributed by atoms with Crippen LogP contribution in [0.15, 0.2) is 6.33 Å². The van der Waals surface area contributed by atoms with Crippen LogP contribution in [0.2, 0.25) is 0 Å². The zero-order valence-corrected chi connectivity index (χ0v) is 12.0. The van der Waals surface area contributed by atoms with Gasteiger partial charge in [0.15, 0.2) is 0 Å². The highest BCUT2D eigenvalue weighted by molar-refractivity contribution is 4.89. The van der Waals surface area contributed by atoms with Gasteiger partial charge in [0, 0.05) is 13.0 Å². The average molecular weight is 253 g/mol. The molecule has 1 aromatic rings. The molecule has 0 aromatic carbocycles. The third-order valence-electron chi connectivity index (χ3n) is 3.52. The summed E-state index contributed by atoms with van der Waals surface area (Å²) in [5.41, 5.74) is 0. The molecule has 0 spiro atoms. The molecule has 4 heteroatoms. The van der Waals surface area contributed by atoms with Gasteiger partial charge in [-0.15, -0.1) is 0 Å². The maximum atomic E-state index is 10.3. The molecule has 0 saturated heterocycles. The second kappa shape index (κ2) is 8.25. The van der Waals surface area contributed by atoms with Crippen molar-refractivity contribution >= 4 is 0 Å². The number of rotatable bonds is 9. The van der Waals surface area contributed by atoms with Crippen molar-refractivity contribution in [2.45, 2.75) is 71.9 Å². The van der Waals surface area contributed by atoms with Gasteiger partial charge in [-0.1, -0.05) is 40.0 Å². The minimum atomic E-state index is -0.290.